The molecule has 3 heteroatoms. The normalized spacial score (nSPS) is 23.4. The molecule has 1 rings (SSSR count). The molecule has 1 aliphatic rings. The Bertz CT molecular complexity index is 215. The Labute approximate surface area is 54.3 Å². The predicted molar refractivity (Wildman–Crippen MR) is 35.1 cm³/mol. The highest BCUT2D eigenvalue weighted by Crippen LogP contribution is 2.47. The molecule has 1 aliphatic heterocycles. The molecule has 0 aliphatic carbocycles. The Morgan fingerprint density at radius 3 is 1.78 bits per heavy atom. The molecule has 0 fully saturated rings. The second kappa shape index (κ2) is 1.83. The van der Waals surface area contributed by atoms with E-state index in [2.05, 4.69) is 0 Å². The van der Waals surface area contributed by atoms with Gasteiger partial charge in [0.1, 0.15) is 0 Å². The van der Waals surface area contributed by atoms with Crippen molar-refractivity contribution < 1.29 is 9.46 Å². The fourth-order valence-corrected chi connectivity index (χ4v) is 2.34. The van der Waals surface area contributed by atoms with Crippen molar-refractivity contribution in [1.82, 2.24) is 0 Å². The van der Waals surface area contributed by atoms with Crippen LogP contribution >= 0.6 is 7.37 Å². The first-order valence-corrected chi connectivity index (χ1v) is 4.47. The number of allylic oxidation sites excluding steroid dienone is 2. The van der Waals surface area contributed by atoms with Crippen molar-refractivity contribution in [3.05, 3.63) is 22.8 Å². The molecule has 0 atom stereocenters. The molecule has 0 saturated carbocycles. The highest BCUT2D eigenvalue weighted by Gasteiger charge is 2.09. The third-order valence-corrected chi connectivity index (χ3v) is 2.86. The van der Waals surface area contributed by atoms with Gasteiger partial charge < -0.3 is 9.46 Å². The van der Waals surface area contributed by atoms with Gasteiger partial charge in [0.2, 0.25) is 0 Å². The molecule has 2 nitrogen and oxygen atoms in total. The van der Waals surface area contributed by atoms with E-state index in [4.69, 9.17) is 0 Å². The van der Waals surface area contributed by atoms with Gasteiger partial charge in [0.15, 0.2) is 0 Å². The summed E-state index contributed by atoms with van der Waals surface area (Å²) >= 11 is 0. The van der Waals surface area contributed by atoms with Crippen LogP contribution in [0.4, 0.5) is 0 Å². The van der Waals surface area contributed by atoms with E-state index in [-0.39, 0.29) is 0 Å². The molecule has 0 saturated heterocycles. The fourth-order valence-electron chi connectivity index (χ4n) is 0.781. The second-order valence-corrected chi connectivity index (χ2v) is 4.08. The Balaban J connectivity index is 3.11. The molecule has 0 aromatic heterocycles. The number of hydrogen-bond donors (Lipinski definition) is 0. The average Bonchev–Trinajstić information content (AvgIpc) is 1.79. The van der Waals surface area contributed by atoms with Gasteiger partial charge in [0, 0.05) is 0 Å². The van der Waals surface area contributed by atoms with Crippen LogP contribution in [-0.2, 0) is 4.57 Å². The lowest BCUT2D eigenvalue weighted by atomic mass is 10.2. The smallest absolute Gasteiger partial charge is 0.0584 e. The lowest BCUT2D eigenvalue weighted by Crippen LogP contribution is -1.90. The topological polar surface area (TPSA) is 40.1 Å². The maximum absolute atomic E-state index is 10.7. The summed E-state index contributed by atoms with van der Waals surface area (Å²) in [6.45, 7) is 3.59. The first-order valence-electron chi connectivity index (χ1n) is 2.71. The second-order valence-electron chi connectivity index (χ2n) is 2.27. The Kier molecular flexibility index (Phi) is 1.38. The summed E-state index contributed by atoms with van der Waals surface area (Å²) < 4.78 is 10.7. The van der Waals surface area contributed by atoms with Crippen molar-refractivity contribution in [2.75, 3.05) is 0 Å². The highest BCUT2D eigenvalue weighted by atomic mass is 31.2. The summed E-state index contributed by atoms with van der Waals surface area (Å²) in [5.74, 6) is 2.62. The van der Waals surface area contributed by atoms with Gasteiger partial charge in [-0.25, -0.2) is 0 Å². The van der Waals surface area contributed by atoms with Crippen LogP contribution in [0.25, 0.3) is 0 Å². The van der Waals surface area contributed by atoms with E-state index in [1.165, 1.54) is 11.6 Å². The summed E-state index contributed by atoms with van der Waals surface area (Å²) in [5.41, 5.74) is 1.71. The van der Waals surface area contributed by atoms with Crippen molar-refractivity contribution >= 4 is 7.37 Å². The molecule has 0 unspecified atom stereocenters. The molecule has 0 aromatic rings. The molecule has 9 heavy (non-hydrogen) atoms. The Morgan fingerprint density at radius 2 is 1.67 bits per heavy atom. The first-order chi connectivity index (χ1) is 4.01. The summed E-state index contributed by atoms with van der Waals surface area (Å²) in [4.78, 5) is 10.7. The van der Waals surface area contributed by atoms with Crippen molar-refractivity contribution in [1.29, 1.82) is 0 Å². The van der Waals surface area contributed by atoms with Gasteiger partial charge in [-0.1, -0.05) is 0 Å². The minimum absolute atomic E-state index is 0.855. The van der Waals surface area contributed by atoms with E-state index in [9.17, 15) is 9.46 Å². The number of hydrogen-bond acceptors (Lipinski definition) is 2. The van der Waals surface area contributed by atoms with E-state index in [0.717, 1.165) is 11.1 Å². The standard InChI is InChI=1S/C6H9O2P/c1-5-3-9(7,8)4-6(5)2/h3-4H,1-2H3,(H,7,8)/p-1. The van der Waals surface area contributed by atoms with E-state index in [1.807, 2.05) is 0 Å². The summed E-state index contributed by atoms with van der Waals surface area (Å²) in [5, 5.41) is 0. The molecular weight excluding hydrogens is 135 g/mol. The van der Waals surface area contributed by atoms with Gasteiger partial charge in [-0.05, 0) is 36.6 Å². The lowest BCUT2D eigenvalue weighted by molar-refractivity contribution is -0.168. The fraction of sp³-hybridized carbons (Fsp3) is 0.333. The summed E-state index contributed by atoms with van der Waals surface area (Å²) in [6, 6.07) is 0. The van der Waals surface area contributed by atoms with Crippen LogP contribution in [0.1, 0.15) is 13.8 Å². The first kappa shape index (κ1) is 6.79. The third kappa shape index (κ3) is 1.32. The van der Waals surface area contributed by atoms with Crippen LogP contribution in [0.15, 0.2) is 22.8 Å². The van der Waals surface area contributed by atoms with Gasteiger partial charge >= 0.3 is 0 Å². The van der Waals surface area contributed by atoms with Crippen LogP contribution in [0.3, 0.4) is 0 Å². The molecule has 0 spiro atoms. The number of rotatable bonds is 0. The van der Waals surface area contributed by atoms with Crippen LogP contribution in [-0.4, -0.2) is 0 Å². The van der Waals surface area contributed by atoms with E-state index < -0.39 is 7.37 Å². The van der Waals surface area contributed by atoms with E-state index in [0.29, 0.717) is 0 Å². The third-order valence-electron chi connectivity index (χ3n) is 1.37. The van der Waals surface area contributed by atoms with Crippen molar-refractivity contribution in [2.24, 2.45) is 0 Å². The van der Waals surface area contributed by atoms with E-state index >= 15 is 0 Å². The average molecular weight is 143 g/mol. The maximum Gasteiger partial charge on any atom is 0.0584 e. The van der Waals surface area contributed by atoms with E-state index in [1.54, 1.807) is 13.8 Å². The van der Waals surface area contributed by atoms with Gasteiger partial charge in [-0.15, -0.1) is 0 Å². The van der Waals surface area contributed by atoms with Gasteiger partial charge in [-0.3, -0.25) is 0 Å². The van der Waals surface area contributed by atoms with Crippen LogP contribution < -0.4 is 4.89 Å². The molecular formula is C6H8O2P-. The molecule has 1 heterocycles. The Hall–Kier alpha value is -0.330. The van der Waals surface area contributed by atoms with Gasteiger partial charge in [0.05, 0.1) is 7.37 Å². The minimum atomic E-state index is -3.23. The van der Waals surface area contributed by atoms with Gasteiger partial charge in [0.25, 0.3) is 0 Å². The Morgan fingerprint density at radius 1 is 1.33 bits per heavy atom. The van der Waals surface area contributed by atoms with Crippen LogP contribution in [0.5, 0.6) is 0 Å². The van der Waals surface area contributed by atoms with Crippen molar-refractivity contribution in [3.8, 4) is 0 Å². The molecule has 0 bridgehead atoms. The monoisotopic (exact) mass is 143 g/mol. The highest BCUT2D eigenvalue weighted by molar-refractivity contribution is 7.63. The predicted octanol–water partition coefficient (Wildman–Crippen LogP) is 1.45. The quantitative estimate of drug-likeness (QED) is 0.481. The SMILES string of the molecule is CC1=CP(=O)([O-])C=C1C. The molecule has 0 N–H and O–H groups in total. The lowest BCUT2D eigenvalue weighted by Gasteiger charge is -2.08. The van der Waals surface area contributed by atoms with Crippen molar-refractivity contribution in [2.45, 2.75) is 13.8 Å². The molecule has 50 valence electrons. The summed E-state index contributed by atoms with van der Waals surface area (Å²) in [7, 11) is -3.23. The molecule has 0 amide bonds. The maximum atomic E-state index is 10.7. The van der Waals surface area contributed by atoms with Crippen LogP contribution in [0, 0.1) is 0 Å². The molecule has 0 radical (unpaired) electrons. The van der Waals surface area contributed by atoms with Crippen LogP contribution in [0.2, 0.25) is 0 Å². The minimum Gasteiger partial charge on any atom is -0.793 e. The molecule has 0 aromatic carbocycles. The zero-order valence-electron chi connectivity index (χ0n) is 5.42. The van der Waals surface area contributed by atoms with Gasteiger partial charge in [-0.2, -0.15) is 0 Å². The summed E-state index contributed by atoms with van der Waals surface area (Å²) in [6.07, 6.45) is 0. The zero-order valence-corrected chi connectivity index (χ0v) is 6.31. The van der Waals surface area contributed by atoms with Crippen molar-refractivity contribution in [3.63, 3.8) is 0 Å². The largest absolute Gasteiger partial charge is 0.793 e. The zero-order chi connectivity index (χ0) is 7.07.